The number of morpholine rings is 1. The highest BCUT2D eigenvalue weighted by molar-refractivity contribution is 5.97. The van der Waals surface area contributed by atoms with Gasteiger partial charge in [0.2, 0.25) is 0 Å². The van der Waals surface area contributed by atoms with Crippen molar-refractivity contribution in [2.24, 2.45) is 0 Å². The summed E-state index contributed by atoms with van der Waals surface area (Å²) < 4.78 is 20.6. The predicted octanol–water partition coefficient (Wildman–Crippen LogP) is 3.65. The molecule has 3 heterocycles. The Labute approximate surface area is 186 Å². The van der Waals surface area contributed by atoms with Crippen molar-refractivity contribution in [3.8, 4) is 22.3 Å². The van der Waals surface area contributed by atoms with Crippen LogP contribution in [0.25, 0.3) is 22.3 Å². The third-order valence-corrected chi connectivity index (χ3v) is 6.22. The summed E-state index contributed by atoms with van der Waals surface area (Å²) in [5, 5.41) is 2.85. The molecule has 1 aromatic heterocycles. The van der Waals surface area contributed by atoms with Crippen molar-refractivity contribution in [1.29, 1.82) is 0 Å². The number of fused-ring (bicyclic) bond motifs is 1. The topological polar surface area (TPSA) is 80.5 Å². The molecule has 0 saturated carbocycles. The first-order valence-electron chi connectivity index (χ1n) is 10.8. The van der Waals surface area contributed by atoms with Crippen molar-refractivity contribution in [2.45, 2.75) is 19.4 Å². The van der Waals surface area contributed by atoms with Gasteiger partial charge in [-0.3, -0.25) is 4.79 Å². The molecule has 1 saturated heterocycles. The van der Waals surface area contributed by atoms with E-state index in [4.69, 9.17) is 10.5 Å². The molecule has 1 atom stereocenters. The molecule has 2 aliphatic heterocycles. The van der Waals surface area contributed by atoms with E-state index in [9.17, 15) is 4.79 Å². The largest absolute Gasteiger partial charge is 0.383 e. The van der Waals surface area contributed by atoms with E-state index in [0.717, 1.165) is 35.3 Å². The maximum Gasteiger partial charge on any atom is 0.251 e. The van der Waals surface area contributed by atoms with Gasteiger partial charge >= 0.3 is 0 Å². The number of anilines is 2. The molecule has 0 bridgehead atoms. The van der Waals surface area contributed by atoms with Crippen LogP contribution in [0.2, 0.25) is 0 Å². The molecule has 2 aromatic carbocycles. The van der Waals surface area contributed by atoms with E-state index in [2.05, 4.69) is 22.1 Å². The fraction of sp³-hybridized carbons (Fsp3) is 0.280. The lowest BCUT2D eigenvalue weighted by Gasteiger charge is -2.35. The van der Waals surface area contributed by atoms with E-state index in [-0.39, 0.29) is 17.8 Å². The average molecular weight is 432 g/mol. The highest BCUT2D eigenvalue weighted by Gasteiger charge is 2.21. The first-order valence-corrected chi connectivity index (χ1v) is 10.8. The van der Waals surface area contributed by atoms with E-state index >= 15 is 4.39 Å². The number of aromatic nitrogens is 1. The van der Waals surface area contributed by atoms with Crippen LogP contribution in [0.1, 0.15) is 22.8 Å². The lowest BCUT2D eigenvalue weighted by Crippen LogP contribution is -2.43. The number of benzene rings is 2. The molecule has 6 nitrogen and oxygen atoms in total. The van der Waals surface area contributed by atoms with Crippen LogP contribution in [-0.2, 0) is 11.2 Å². The quantitative estimate of drug-likeness (QED) is 0.661. The lowest BCUT2D eigenvalue weighted by atomic mass is 9.94. The number of pyridine rings is 1. The molecule has 7 heteroatoms. The molecule has 0 aliphatic carbocycles. The molecule has 1 fully saturated rings. The van der Waals surface area contributed by atoms with Gasteiger partial charge < -0.3 is 20.7 Å². The Morgan fingerprint density at radius 3 is 2.78 bits per heavy atom. The number of rotatable bonds is 3. The molecule has 5 rings (SSSR count). The lowest BCUT2D eigenvalue weighted by molar-refractivity contribution is 0.0946. The summed E-state index contributed by atoms with van der Waals surface area (Å²) in [7, 11) is 0. The van der Waals surface area contributed by atoms with Crippen molar-refractivity contribution >= 4 is 17.4 Å². The number of nitrogen functional groups attached to an aromatic ring is 1. The number of amides is 1. The van der Waals surface area contributed by atoms with Crippen molar-refractivity contribution in [1.82, 2.24) is 10.3 Å². The number of carbonyl (C=O) groups excluding carboxylic acids is 1. The SMILES string of the molecule is C[C@@H]1COCCN1c1ccc(-c2cnc(N)c(-c3ccc4c(c3)CCNC4=O)c2)c(F)c1. The van der Waals surface area contributed by atoms with E-state index < -0.39 is 0 Å². The van der Waals surface area contributed by atoms with Gasteiger partial charge in [-0.1, -0.05) is 12.1 Å². The zero-order chi connectivity index (χ0) is 22.2. The van der Waals surface area contributed by atoms with Crippen molar-refractivity contribution in [3.05, 3.63) is 65.6 Å². The molecule has 0 spiro atoms. The Balaban J connectivity index is 1.50. The fourth-order valence-corrected chi connectivity index (χ4v) is 4.48. The minimum Gasteiger partial charge on any atom is -0.383 e. The molecular weight excluding hydrogens is 407 g/mol. The number of carbonyl (C=O) groups is 1. The number of nitrogens with zero attached hydrogens (tertiary/aromatic N) is 2. The number of ether oxygens (including phenoxy) is 1. The number of halogens is 1. The summed E-state index contributed by atoms with van der Waals surface area (Å²) in [4.78, 5) is 18.5. The second-order valence-electron chi connectivity index (χ2n) is 8.32. The summed E-state index contributed by atoms with van der Waals surface area (Å²) in [6.07, 6.45) is 2.36. The second-order valence-corrected chi connectivity index (χ2v) is 8.32. The van der Waals surface area contributed by atoms with Gasteiger partial charge in [-0.15, -0.1) is 0 Å². The van der Waals surface area contributed by atoms with Crippen LogP contribution in [0.15, 0.2) is 48.7 Å². The molecule has 0 radical (unpaired) electrons. The molecular formula is C25H25FN4O2. The van der Waals surface area contributed by atoms with Gasteiger partial charge in [0, 0.05) is 53.3 Å². The summed E-state index contributed by atoms with van der Waals surface area (Å²) in [5.41, 5.74) is 11.4. The monoisotopic (exact) mass is 432 g/mol. The second kappa shape index (κ2) is 8.24. The maximum absolute atomic E-state index is 15.2. The number of hydrogen-bond acceptors (Lipinski definition) is 5. The van der Waals surface area contributed by atoms with E-state index in [1.54, 1.807) is 18.3 Å². The summed E-state index contributed by atoms with van der Waals surface area (Å²) in [6.45, 7) is 4.70. The Bertz CT molecular complexity index is 1200. The standard InChI is InChI=1S/C25H25FN4O2/c1-15-14-32-9-8-30(15)19-3-5-20(23(26)12-19)18-11-22(24(27)29-13-18)16-2-4-21-17(10-16)6-7-28-25(21)31/h2-5,10-13,15H,6-9,14H2,1H3,(H2,27,29)(H,28,31)/t15-/m1/s1. The third-order valence-electron chi connectivity index (χ3n) is 6.22. The fourth-order valence-electron chi connectivity index (χ4n) is 4.48. The highest BCUT2D eigenvalue weighted by atomic mass is 19.1. The Morgan fingerprint density at radius 2 is 1.97 bits per heavy atom. The van der Waals surface area contributed by atoms with Gasteiger partial charge in [0.25, 0.3) is 5.91 Å². The molecule has 1 amide bonds. The molecule has 32 heavy (non-hydrogen) atoms. The number of hydrogen-bond donors (Lipinski definition) is 2. The summed E-state index contributed by atoms with van der Waals surface area (Å²) >= 11 is 0. The van der Waals surface area contributed by atoms with Crippen molar-refractivity contribution in [3.63, 3.8) is 0 Å². The Hall–Kier alpha value is -3.45. The minimum absolute atomic E-state index is 0.0607. The third kappa shape index (κ3) is 3.69. The normalized spacial score (nSPS) is 18.2. The Morgan fingerprint density at radius 1 is 1.12 bits per heavy atom. The van der Waals surface area contributed by atoms with Crippen molar-refractivity contribution in [2.75, 3.05) is 36.9 Å². The zero-order valence-electron chi connectivity index (χ0n) is 17.9. The van der Waals surface area contributed by atoms with E-state index in [1.807, 2.05) is 30.3 Å². The maximum atomic E-state index is 15.2. The number of nitrogens with two attached hydrogens (primary N) is 1. The van der Waals surface area contributed by atoms with E-state index in [0.29, 0.717) is 42.3 Å². The van der Waals surface area contributed by atoms with Gasteiger partial charge in [-0.05, 0) is 54.8 Å². The average Bonchev–Trinajstić information content (AvgIpc) is 2.80. The molecule has 3 aromatic rings. The predicted molar refractivity (Wildman–Crippen MR) is 123 cm³/mol. The van der Waals surface area contributed by atoms with Gasteiger partial charge in [0.15, 0.2) is 0 Å². The molecule has 0 unspecified atom stereocenters. The van der Waals surface area contributed by atoms with Crippen LogP contribution < -0.4 is 16.0 Å². The smallest absolute Gasteiger partial charge is 0.251 e. The Kier molecular flexibility index (Phi) is 5.27. The van der Waals surface area contributed by atoms with Gasteiger partial charge in [-0.25, -0.2) is 9.37 Å². The van der Waals surface area contributed by atoms with E-state index in [1.165, 1.54) is 0 Å². The zero-order valence-corrected chi connectivity index (χ0v) is 17.9. The van der Waals surface area contributed by atoms with Gasteiger partial charge in [0.1, 0.15) is 11.6 Å². The summed E-state index contributed by atoms with van der Waals surface area (Å²) in [5.74, 6) is 0.00310. The molecule has 164 valence electrons. The van der Waals surface area contributed by atoms with Crippen LogP contribution in [0.3, 0.4) is 0 Å². The minimum atomic E-state index is -0.305. The summed E-state index contributed by atoms with van der Waals surface area (Å²) in [6, 6.07) is 13.0. The first kappa shape index (κ1) is 20.5. The van der Waals surface area contributed by atoms with Crippen LogP contribution in [-0.4, -0.2) is 43.2 Å². The van der Waals surface area contributed by atoms with Gasteiger partial charge in [0.05, 0.1) is 13.2 Å². The molecule has 2 aliphatic rings. The highest BCUT2D eigenvalue weighted by Crippen LogP contribution is 2.34. The van der Waals surface area contributed by atoms with Crippen molar-refractivity contribution < 1.29 is 13.9 Å². The molecule has 3 N–H and O–H groups in total. The van der Waals surface area contributed by atoms with Crippen LogP contribution >= 0.6 is 0 Å². The van der Waals surface area contributed by atoms with Crippen LogP contribution in [0.4, 0.5) is 15.9 Å². The van der Waals surface area contributed by atoms with Crippen LogP contribution in [0, 0.1) is 5.82 Å². The first-order chi connectivity index (χ1) is 15.5. The van der Waals surface area contributed by atoms with Crippen LogP contribution in [0.5, 0.6) is 0 Å². The van der Waals surface area contributed by atoms with Gasteiger partial charge in [-0.2, -0.15) is 0 Å². The number of nitrogens with one attached hydrogen (secondary N) is 1.